The molecule has 0 bridgehead atoms. The van der Waals surface area contributed by atoms with Crippen LogP contribution in [0.15, 0.2) is 30.3 Å². The summed E-state index contributed by atoms with van der Waals surface area (Å²) >= 11 is 0. The highest BCUT2D eigenvalue weighted by atomic mass is 16.4. The molecule has 3 nitrogen and oxygen atoms in total. The topological polar surface area (TPSA) is 57.5 Å². The first-order valence-corrected chi connectivity index (χ1v) is 4.56. The highest BCUT2D eigenvalue weighted by Gasteiger charge is 2.11. The Kier molecular flexibility index (Phi) is 2.08. The van der Waals surface area contributed by atoms with Crippen LogP contribution in [-0.4, -0.2) is 16.2 Å². The fourth-order valence-corrected chi connectivity index (χ4v) is 1.75. The van der Waals surface area contributed by atoms with Gasteiger partial charge in [0.1, 0.15) is 5.75 Å². The monoisotopic (exact) mass is 202 g/mol. The van der Waals surface area contributed by atoms with E-state index in [0.29, 0.717) is 10.8 Å². The molecule has 0 aliphatic rings. The standard InChI is InChI=1S/C12H10O3/c1-7-3-2-4-8-9(12(14)15)5-6-10(13)11(7)8/h2-6,13H,1H3,(H,14,15). The molecule has 0 unspecified atom stereocenters. The predicted octanol–water partition coefficient (Wildman–Crippen LogP) is 2.55. The van der Waals surface area contributed by atoms with Crippen molar-refractivity contribution in [1.82, 2.24) is 0 Å². The van der Waals surface area contributed by atoms with Crippen LogP contribution < -0.4 is 0 Å². The van der Waals surface area contributed by atoms with Crippen LogP contribution in [0.25, 0.3) is 10.8 Å². The molecule has 0 aliphatic carbocycles. The first-order valence-electron chi connectivity index (χ1n) is 4.56. The van der Waals surface area contributed by atoms with E-state index < -0.39 is 5.97 Å². The normalized spacial score (nSPS) is 10.5. The van der Waals surface area contributed by atoms with Gasteiger partial charge in [0.15, 0.2) is 0 Å². The van der Waals surface area contributed by atoms with Crippen LogP contribution in [0.5, 0.6) is 5.75 Å². The van der Waals surface area contributed by atoms with Crippen molar-refractivity contribution in [2.75, 3.05) is 0 Å². The van der Waals surface area contributed by atoms with Crippen LogP contribution in [0.1, 0.15) is 15.9 Å². The number of carboxylic acid groups (broad SMARTS) is 1. The first kappa shape index (κ1) is 9.52. The molecule has 76 valence electrons. The second-order valence-electron chi connectivity index (χ2n) is 3.43. The summed E-state index contributed by atoms with van der Waals surface area (Å²) in [6.07, 6.45) is 0. The molecule has 2 N–H and O–H groups in total. The quantitative estimate of drug-likeness (QED) is 0.747. The first-order chi connectivity index (χ1) is 7.11. The van der Waals surface area contributed by atoms with Crippen molar-refractivity contribution in [3.63, 3.8) is 0 Å². The van der Waals surface area contributed by atoms with Crippen molar-refractivity contribution < 1.29 is 15.0 Å². The van der Waals surface area contributed by atoms with E-state index in [1.54, 1.807) is 12.1 Å². The van der Waals surface area contributed by atoms with E-state index >= 15 is 0 Å². The zero-order valence-electron chi connectivity index (χ0n) is 8.19. The number of phenolic OH excluding ortho intramolecular Hbond substituents is 1. The van der Waals surface area contributed by atoms with Gasteiger partial charge in [-0.25, -0.2) is 4.79 Å². The smallest absolute Gasteiger partial charge is 0.336 e. The van der Waals surface area contributed by atoms with Crippen molar-refractivity contribution in [3.05, 3.63) is 41.5 Å². The van der Waals surface area contributed by atoms with E-state index in [2.05, 4.69) is 0 Å². The summed E-state index contributed by atoms with van der Waals surface area (Å²) in [7, 11) is 0. The molecule has 0 saturated heterocycles. The van der Waals surface area contributed by atoms with E-state index in [-0.39, 0.29) is 11.3 Å². The van der Waals surface area contributed by atoms with Crippen molar-refractivity contribution in [3.8, 4) is 5.75 Å². The summed E-state index contributed by atoms with van der Waals surface area (Å²) in [5.74, 6) is -0.862. The molecule has 3 heteroatoms. The minimum absolute atomic E-state index is 0.119. The average molecular weight is 202 g/mol. The molecular weight excluding hydrogens is 192 g/mol. The van der Waals surface area contributed by atoms with Crippen LogP contribution in [0.4, 0.5) is 0 Å². The predicted molar refractivity (Wildman–Crippen MR) is 57.3 cm³/mol. The van der Waals surface area contributed by atoms with E-state index in [0.717, 1.165) is 5.56 Å². The molecule has 0 radical (unpaired) electrons. The van der Waals surface area contributed by atoms with Crippen molar-refractivity contribution in [1.29, 1.82) is 0 Å². The molecule has 0 saturated carbocycles. The molecule has 0 atom stereocenters. The van der Waals surface area contributed by atoms with E-state index in [1.165, 1.54) is 12.1 Å². The van der Waals surface area contributed by atoms with Crippen molar-refractivity contribution in [2.45, 2.75) is 6.92 Å². The number of aromatic carboxylic acids is 1. The summed E-state index contributed by atoms with van der Waals surface area (Å²) in [4.78, 5) is 11.0. The zero-order valence-corrected chi connectivity index (χ0v) is 8.19. The van der Waals surface area contributed by atoms with Gasteiger partial charge in [-0.05, 0) is 24.6 Å². The zero-order chi connectivity index (χ0) is 11.0. The van der Waals surface area contributed by atoms with Gasteiger partial charge in [0.2, 0.25) is 0 Å². The Labute approximate surface area is 86.6 Å². The molecule has 0 aromatic heterocycles. The van der Waals surface area contributed by atoms with Gasteiger partial charge < -0.3 is 10.2 Å². The molecule has 2 rings (SSSR count). The summed E-state index contributed by atoms with van der Waals surface area (Å²) < 4.78 is 0. The van der Waals surface area contributed by atoms with Crippen LogP contribution in [0, 0.1) is 6.92 Å². The van der Waals surface area contributed by atoms with Crippen LogP contribution in [0.2, 0.25) is 0 Å². The Morgan fingerprint density at radius 3 is 2.60 bits per heavy atom. The fourth-order valence-electron chi connectivity index (χ4n) is 1.75. The Balaban J connectivity index is 2.95. The third-order valence-electron chi connectivity index (χ3n) is 2.46. The SMILES string of the molecule is Cc1cccc2c(C(=O)O)ccc(O)c12. The second kappa shape index (κ2) is 3.28. The Bertz CT molecular complexity index is 536. The lowest BCUT2D eigenvalue weighted by molar-refractivity contribution is 0.0699. The van der Waals surface area contributed by atoms with Gasteiger partial charge in [-0.15, -0.1) is 0 Å². The third kappa shape index (κ3) is 1.42. The number of aryl methyl sites for hydroxylation is 1. The molecule has 2 aromatic carbocycles. The highest BCUT2D eigenvalue weighted by Crippen LogP contribution is 2.30. The van der Waals surface area contributed by atoms with E-state index in [1.807, 2.05) is 13.0 Å². The lowest BCUT2D eigenvalue weighted by atomic mass is 10.00. The Hall–Kier alpha value is -2.03. The maximum atomic E-state index is 11.0. The summed E-state index contributed by atoms with van der Waals surface area (Å²) in [6, 6.07) is 8.15. The van der Waals surface area contributed by atoms with Crippen LogP contribution in [0.3, 0.4) is 0 Å². The molecule has 0 fully saturated rings. The number of rotatable bonds is 1. The molecule has 2 aromatic rings. The number of hydrogen-bond donors (Lipinski definition) is 2. The number of fused-ring (bicyclic) bond motifs is 1. The summed E-state index contributed by atoms with van der Waals surface area (Å²) in [5, 5.41) is 19.8. The maximum absolute atomic E-state index is 11.0. The minimum Gasteiger partial charge on any atom is -0.507 e. The Morgan fingerprint density at radius 1 is 1.20 bits per heavy atom. The van der Waals surface area contributed by atoms with E-state index in [4.69, 9.17) is 5.11 Å². The number of carboxylic acids is 1. The second-order valence-corrected chi connectivity index (χ2v) is 3.43. The largest absolute Gasteiger partial charge is 0.507 e. The lowest BCUT2D eigenvalue weighted by Crippen LogP contribution is -1.97. The van der Waals surface area contributed by atoms with Gasteiger partial charge in [0.25, 0.3) is 0 Å². The molecule has 0 spiro atoms. The lowest BCUT2D eigenvalue weighted by Gasteiger charge is -2.06. The molecular formula is C12H10O3. The van der Waals surface area contributed by atoms with Gasteiger partial charge in [-0.1, -0.05) is 18.2 Å². The minimum atomic E-state index is -0.981. The summed E-state index contributed by atoms with van der Waals surface area (Å²) in [6.45, 7) is 1.84. The van der Waals surface area contributed by atoms with Gasteiger partial charge in [0.05, 0.1) is 5.56 Å². The van der Waals surface area contributed by atoms with Gasteiger partial charge in [-0.3, -0.25) is 0 Å². The summed E-state index contributed by atoms with van der Waals surface area (Å²) in [5.41, 5.74) is 1.08. The average Bonchev–Trinajstić information content (AvgIpc) is 2.17. The van der Waals surface area contributed by atoms with Gasteiger partial charge in [-0.2, -0.15) is 0 Å². The van der Waals surface area contributed by atoms with Gasteiger partial charge in [0, 0.05) is 10.8 Å². The number of hydrogen-bond acceptors (Lipinski definition) is 2. The van der Waals surface area contributed by atoms with Crippen molar-refractivity contribution in [2.24, 2.45) is 0 Å². The third-order valence-corrected chi connectivity index (χ3v) is 2.46. The van der Waals surface area contributed by atoms with Crippen LogP contribution >= 0.6 is 0 Å². The number of aromatic hydroxyl groups is 1. The molecule has 0 aliphatic heterocycles. The van der Waals surface area contributed by atoms with Gasteiger partial charge >= 0.3 is 5.97 Å². The van der Waals surface area contributed by atoms with E-state index in [9.17, 15) is 9.90 Å². The number of carbonyl (C=O) groups is 1. The maximum Gasteiger partial charge on any atom is 0.336 e. The molecule has 15 heavy (non-hydrogen) atoms. The number of phenols is 1. The van der Waals surface area contributed by atoms with Crippen molar-refractivity contribution >= 4 is 16.7 Å². The fraction of sp³-hybridized carbons (Fsp3) is 0.0833. The Morgan fingerprint density at radius 2 is 1.93 bits per heavy atom. The number of benzene rings is 2. The van der Waals surface area contributed by atoms with Crippen LogP contribution in [-0.2, 0) is 0 Å². The highest BCUT2D eigenvalue weighted by molar-refractivity contribution is 6.06. The molecule has 0 amide bonds. The molecule has 0 heterocycles.